The maximum absolute atomic E-state index is 12.1. The van der Waals surface area contributed by atoms with E-state index in [4.69, 9.17) is 0 Å². The summed E-state index contributed by atoms with van der Waals surface area (Å²) >= 11 is 1.55. The fraction of sp³-hybridized carbons (Fsp3) is 0.176. The molecule has 0 aliphatic rings. The van der Waals surface area contributed by atoms with Gasteiger partial charge in [-0.3, -0.25) is 9.59 Å². The van der Waals surface area contributed by atoms with Crippen molar-refractivity contribution >= 4 is 27.3 Å². The zero-order valence-corrected chi connectivity index (χ0v) is 13.3. The Labute approximate surface area is 136 Å². The summed E-state index contributed by atoms with van der Waals surface area (Å²) in [6.45, 7) is 0.0532. The number of aromatic nitrogens is 1. The number of hydrogen-bond acceptors (Lipinski definition) is 4. The zero-order valence-electron chi connectivity index (χ0n) is 12.5. The molecule has 2 heterocycles. The average Bonchev–Trinajstić information content (AvgIpc) is 2.99. The molecule has 2 aromatic heterocycles. The summed E-state index contributed by atoms with van der Waals surface area (Å²) in [5, 5.41) is 15.8. The van der Waals surface area contributed by atoms with Crippen LogP contribution in [0.25, 0.3) is 10.1 Å². The molecule has 5 nitrogen and oxygen atoms in total. The molecular formula is C17H16N2O3S. The van der Waals surface area contributed by atoms with Gasteiger partial charge in [-0.05, 0) is 29.0 Å². The van der Waals surface area contributed by atoms with Crippen LogP contribution in [0.3, 0.4) is 0 Å². The Morgan fingerprint density at radius 1 is 1.30 bits per heavy atom. The van der Waals surface area contributed by atoms with Crippen molar-refractivity contribution in [2.24, 2.45) is 7.05 Å². The predicted molar refractivity (Wildman–Crippen MR) is 90.8 cm³/mol. The molecule has 3 aromatic rings. The van der Waals surface area contributed by atoms with E-state index in [-0.39, 0.29) is 17.7 Å². The van der Waals surface area contributed by atoms with E-state index in [0.29, 0.717) is 0 Å². The third kappa shape index (κ3) is 3.04. The van der Waals surface area contributed by atoms with Gasteiger partial charge in [-0.25, -0.2) is 0 Å². The number of hydrogen-bond donors (Lipinski definition) is 2. The summed E-state index contributed by atoms with van der Waals surface area (Å²) in [4.78, 5) is 24.0. The van der Waals surface area contributed by atoms with Crippen LogP contribution in [0.15, 0.2) is 52.8 Å². The van der Waals surface area contributed by atoms with Crippen molar-refractivity contribution in [3.05, 3.63) is 69.5 Å². The van der Waals surface area contributed by atoms with Crippen LogP contribution in [-0.4, -0.2) is 22.1 Å². The van der Waals surface area contributed by atoms with Crippen LogP contribution in [0.5, 0.6) is 0 Å². The Kier molecular flexibility index (Phi) is 4.27. The van der Waals surface area contributed by atoms with Gasteiger partial charge in [0.05, 0.1) is 6.10 Å². The summed E-state index contributed by atoms with van der Waals surface area (Å²) in [5.74, 6) is -0.482. The molecule has 0 saturated carbocycles. The molecule has 0 fully saturated rings. The van der Waals surface area contributed by atoms with Crippen LogP contribution in [0.4, 0.5) is 0 Å². The molecular weight excluding hydrogens is 312 g/mol. The van der Waals surface area contributed by atoms with Gasteiger partial charge >= 0.3 is 0 Å². The highest BCUT2D eigenvalue weighted by Crippen LogP contribution is 2.29. The quantitative estimate of drug-likeness (QED) is 0.770. The molecule has 0 aliphatic carbocycles. The number of aliphatic hydroxyl groups excluding tert-OH is 1. The molecule has 23 heavy (non-hydrogen) atoms. The van der Waals surface area contributed by atoms with E-state index in [1.165, 1.54) is 10.6 Å². The van der Waals surface area contributed by atoms with Gasteiger partial charge in [-0.1, -0.05) is 18.2 Å². The van der Waals surface area contributed by atoms with Gasteiger partial charge in [-0.2, -0.15) is 0 Å². The highest BCUT2D eigenvalue weighted by atomic mass is 32.1. The average molecular weight is 328 g/mol. The normalized spacial score (nSPS) is 12.3. The van der Waals surface area contributed by atoms with Crippen LogP contribution >= 0.6 is 11.3 Å². The molecule has 1 amide bonds. The maximum Gasteiger partial charge on any atom is 0.263 e. The molecule has 0 radical (unpaired) electrons. The predicted octanol–water partition coefficient (Wildman–Crippen LogP) is 2.06. The van der Waals surface area contributed by atoms with E-state index in [2.05, 4.69) is 5.32 Å². The molecule has 0 spiro atoms. The Bertz CT molecular complexity index is 913. The largest absolute Gasteiger partial charge is 0.387 e. The summed E-state index contributed by atoms with van der Waals surface area (Å²) in [6, 6.07) is 10.9. The van der Waals surface area contributed by atoms with Gasteiger partial charge in [-0.15, -0.1) is 11.3 Å². The molecule has 118 valence electrons. The van der Waals surface area contributed by atoms with Gasteiger partial charge < -0.3 is 15.0 Å². The van der Waals surface area contributed by atoms with Crippen LogP contribution in [0, 0.1) is 0 Å². The number of aliphatic hydroxyl groups is 1. The fourth-order valence-corrected chi connectivity index (χ4v) is 3.43. The minimum Gasteiger partial charge on any atom is -0.387 e. The third-order valence-electron chi connectivity index (χ3n) is 3.69. The van der Waals surface area contributed by atoms with E-state index in [9.17, 15) is 14.7 Å². The van der Waals surface area contributed by atoms with Gasteiger partial charge in [0.25, 0.3) is 11.5 Å². The monoisotopic (exact) mass is 328 g/mol. The van der Waals surface area contributed by atoms with Crippen molar-refractivity contribution in [3.63, 3.8) is 0 Å². The van der Waals surface area contributed by atoms with E-state index in [1.54, 1.807) is 30.6 Å². The number of amides is 1. The molecule has 2 N–H and O–H groups in total. The van der Waals surface area contributed by atoms with E-state index in [0.717, 1.165) is 15.6 Å². The number of nitrogens with one attached hydrogen (secondary N) is 1. The first-order chi connectivity index (χ1) is 11.1. The summed E-state index contributed by atoms with van der Waals surface area (Å²) in [7, 11) is 1.59. The van der Waals surface area contributed by atoms with E-state index < -0.39 is 12.0 Å². The minimum absolute atomic E-state index is 0.0532. The summed E-state index contributed by atoms with van der Waals surface area (Å²) in [6.07, 6.45) is 0.772. The number of carbonyl (C=O) groups excluding carboxylic acids is 1. The first-order valence-corrected chi connectivity index (χ1v) is 8.04. The lowest BCUT2D eigenvalue weighted by molar-refractivity contribution is 0.0915. The van der Waals surface area contributed by atoms with Crippen LogP contribution in [-0.2, 0) is 7.05 Å². The molecule has 1 atom stereocenters. The fourth-order valence-electron chi connectivity index (χ4n) is 2.42. The van der Waals surface area contributed by atoms with Crippen LogP contribution in [0.2, 0.25) is 0 Å². The summed E-state index contributed by atoms with van der Waals surface area (Å²) in [5.41, 5.74) is 0.490. The minimum atomic E-state index is -0.817. The lowest BCUT2D eigenvalue weighted by Gasteiger charge is -2.11. The number of rotatable bonds is 4. The lowest BCUT2D eigenvalue weighted by atomic mass is 10.1. The van der Waals surface area contributed by atoms with Gasteiger partial charge in [0.2, 0.25) is 0 Å². The Balaban J connectivity index is 1.74. The first-order valence-electron chi connectivity index (χ1n) is 7.16. The van der Waals surface area contributed by atoms with Crippen molar-refractivity contribution in [2.45, 2.75) is 6.10 Å². The van der Waals surface area contributed by atoms with Crippen LogP contribution in [0.1, 0.15) is 22.0 Å². The molecule has 0 saturated heterocycles. The molecule has 0 bridgehead atoms. The zero-order chi connectivity index (χ0) is 16.4. The smallest absolute Gasteiger partial charge is 0.263 e. The maximum atomic E-state index is 12.1. The number of thiophene rings is 1. The van der Waals surface area contributed by atoms with E-state index in [1.807, 2.05) is 29.6 Å². The second-order valence-corrected chi connectivity index (χ2v) is 6.16. The third-order valence-corrected chi connectivity index (χ3v) is 4.68. The van der Waals surface area contributed by atoms with Crippen molar-refractivity contribution in [1.29, 1.82) is 0 Å². The van der Waals surface area contributed by atoms with Crippen LogP contribution < -0.4 is 10.9 Å². The molecule has 0 aliphatic heterocycles. The SMILES string of the molecule is Cn1cccc(C(=O)NC[C@@H](O)c2csc3ccccc23)c1=O. The standard InChI is InChI=1S/C17H16N2O3S/c1-19-8-4-6-12(17(19)22)16(21)18-9-14(20)13-10-23-15-7-3-2-5-11(13)15/h2-8,10,14,20H,9H2,1H3,(H,18,21)/t14-/m1/s1. The van der Waals surface area contributed by atoms with Crippen molar-refractivity contribution in [1.82, 2.24) is 9.88 Å². The number of pyridine rings is 1. The van der Waals surface area contributed by atoms with Gasteiger partial charge in [0.15, 0.2) is 0 Å². The molecule has 6 heteroatoms. The molecule has 0 unspecified atom stereocenters. The number of carbonyl (C=O) groups is 1. The Hall–Kier alpha value is -2.44. The summed E-state index contributed by atoms with van der Waals surface area (Å²) < 4.78 is 2.43. The first kappa shape index (κ1) is 15.5. The Morgan fingerprint density at radius 3 is 2.91 bits per heavy atom. The second kappa shape index (κ2) is 6.36. The second-order valence-electron chi connectivity index (χ2n) is 5.25. The van der Waals surface area contributed by atoms with Crippen molar-refractivity contribution in [3.8, 4) is 0 Å². The highest BCUT2D eigenvalue weighted by molar-refractivity contribution is 7.17. The molecule has 1 aromatic carbocycles. The number of benzene rings is 1. The van der Waals surface area contributed by atoms with Gasteiger partial charge in [0.1, 0.15) is 5.56 Å². The number of nitrogens with zero attached hydrogens (tertiary/aromatic N) is 1. The van der Waals surface area contributed by atoms with Gasteiger partial charge in [0, 0.05) is 30.1 Å². The number of fused-ring (bicyclic) bond motifs is 1. The van der Waals surface area contributed by atoms with Crippen molar-refractivity contribution < 1.29 is 9.90 Å². The Morgan fingerprint density at radius 2 is 2.09 bits per heavy atom. The number of aryl methyl sites for hydroxylation is 1. The highest BCUT2D eigenvalue weighted by Gasteiger charge is 2.16. The van der Waals surface area contributed by atoms with E-state index >= 15 is 0 Å². The molecule has 3 rings (SSSR count). The topological polar surface area (TPSA) is 71.3 Å². The lowest BCUT2D eigenvalue weighted by Crippen LogP contribution is -2.34. The van der Waals surface area contributed by atoms with Crippen molar-refractivity contribution in [2.75, 3.05) is 6.54 Å².